The minimum Gasteiger partial charge on any atom is -0.496 e. The van der Waals surface area contributed by atoms with Crippen LogP contribution in [0.4, 0.5) is 0 Å². The molecule has 0 unspecified atom stereocenters. The summed E-state index contributed by atoms with van der Waals surface area (Å²) in [7, 11) is 1.55. The van der Waals surface area contributed by atoms with Gasteiger partial charge in [0.1, 0.15) is 23.2 Å². The maximum Gasteiger partial charge on any atom is 0.147 e. The van der Waals surface area contributed by atoms with Gasteiger partial charge in [-0.25, -0.2) is 0 Å². The van der Waals surface area contributed by atoms with Crippen molar-refractivity contribution in [2.45, 2.75) is 39.0 Å². The van der Waals surface area contributed by atoms with Crippen LogP contribution >= 0.6 is 0 Å². The van der Waals surface area contributed by atoms with Gasteiger partial charge in [0.05, 0.1) is 7.11 Å². The average Bonchev–Trinajstić information content (AvgIpc) is 2.40. The van der Waals surface area contributed by atoms with Gasteiger partial charge in [-0.05, 0) is 38.0 Å². The van der Waals surface area contributed by atoms with E-state index < -0.39 is 5.92 Å². The summed E-state index contributed by atoms with van der Waals surface area (Å²) in [5.74, 6) is 5.73. The van der Waals surface area contributed by atoms with E-state index in [4.69, 9.17) is 4.74 Å². The van der Waals surface area contributed by atoms with Crippen molar-refractivity contribution in [3.63, 3.8) is 0 Å². The molecular formula is C17H18O3. The number of carbonyl (C=O) groups is 2. The van der Waals surface area contributed by atoms with Crippen LogP contribution in [0.5, 0.6) is 5.75 Å². The molecule has 0 bridgehead atoms. The lowest BCUT2D eigenvalue weighted by atomic mass is 9.79. The summed E-state index contributed by atoms with van der Waals surface area (Å²) >= 11 is 0. The Labute approximate surface area is 119 Å². The van der Waals surface area contributed by atoms with Crippen molar-refractivity contribution in [2.24, 2.45) is 0 Å². The standard InChI is InChI=1S/C17H18O3/c1-4-6-12-9-11(2)16(15(10-12)20-3)17-13(18)7-5-8-14(17)19/h9-10,17H,5,7-8H2,1-3H3. The molecule has 3 nitrogen and oxygen atoms in total. The Kier molecular flexibility index (Phi) is 4.24. The molecule has 3 heteroatoms. The van der Waals surface area contributed by atoms with E-state index in [9.17, 15) is 9.59 Å². The largest absolute Gasteiger partial charge is 0.496 e. The van der Waals surface area contributed by atoms with Gasteiger partial charge in [-0.3, -0.25) is 9.59 Å². The smallest absolute Gasteiger partial charge is 0.147 e. The van der Waals surface area contributed by atoms with Crippen LogP contribution in [0.25, 0.3) is 0 Å². The zero-order chi connectivity index (χ0) is 14.7. The first-order valence-electron chi connectivity index (χ1n) is 6.75. The summed E-state index contributed by atoms with van der Waals surface area (Å²) in [4.78, 5) is 24.3. The van der Waals surface area contributed by atoms with E-state index in [1.54, 1.807) is 20.1 Å². The maximum absolute atomic E-state index is 12.1. The van der Waals surface area contributed by atoms with Crippen molar-refractivity contribution in [1.82, 2.24) is 0 Å². The number of rotatable bonds is 2. The quantitative estimate of drug-likeness (QED) is 0.613. The van der Waals surface area contributed by atoms with Gasteiger partial charge in [-0.15, -0.1) is 5.92 Å². The Hall–Kier alpha value is -2.08. The van der Waals surface area contributed by atoms with Crippen LogP contribution in [-0.2, 0) is 9.59 Å². The molecule has 0 radical (unpaired) electrons. The van der Waals surface area contributed by atoms with Crippen LogP contribution in [0.15, 0.2) is 12.1 Å². The van der Waals surface area contributed by atoms with Crippen LogP contribution in [-0.4, -0.2) is 18.7 Å². The molecule has 0 spiro atoms. The van der Waals surface area contributed by atoms with E-state index >= 15 is 0 Å². The zero-order valence-electron chi connectivity index (χ0n) is 12.1. The molecule has 104 valence electrons. The van der Waals surface area contributed by atoms with Crippen LogP contribution < -0.4 is 4.74 Å². The minimum atomic E-state index is -0.665. The van der Waals surface area contributed by atoms with E-state index in [-0.39, 0.29) is 11.6 Å². The van der Waals surface area contributed by atoms with E-state index in [0.29, 0.717) is 30.6 Å². The van der Waals surface area contributed by atoms with Gasteiger partial charge in [-0.2, -0.15) is 0 Å². The summed E-state index contributed by atoms with van der Waals surface area (Å²) in [5, 5.41) is 0. The van der Waals surface area contributed by atoms with Crippen molar-refractivity contribution in [1.29, 1.82) is 0 Å². The highest BCUT2D eigenvalue weighted by molar-refractivity contribution is 6.10. The number of hydrogen-bond donors (Lipinski definition) is 0. The lowest BCUT2D eigenvalue weighted by Gasteiger charge is -2.23. The SMILES string of the molecule is CC#Cc1cc(C)c(C2C(=O)CCCC2=O)c(OC)c1. The number of aryl methyl sites for hydroxylation is 1. The second-order valence-corrected chi connectivity index (χ2v) is 5.00. The molecule has 1 aliphatic carbocycles. The fraction of sp³-hybridized carbons (Fsp3) is 0.412. The fourth-order valence-electron chi connectivity index (χ4n) is 2.75. The molecule has 0 N–H and O–H groups in total. The average molecular weight is 270 g/mol. The maximum atomic E-state index is 12.1. The van der Waals surface area contributed by atoms with Gasteiger partial charge in [0.25, 0.3) is 0 Å². The predicted molar refractivity (Wildman–Crippen MR) is 76.9 cm³/mol. The molecule has 0 amide bonds. The van der Waals surface area contributed by atoms with Gasteiger partial charge in [0.15, 0.2) is 0 Å². The number of hydrogen-bond acceptors (Lipinski definition) is 3. The van der Waals surface area contributed by atoms with E-state index in [1.165, 1.54) is 0 Å². The zero-order valence-corrected chi connectivity index (χ0v) is 12.1. The Bertz CT molecular complexity index is 601. The third-order valence-corrected chi connectivity index (χ3v) is 3.62. The number of carbonyl (C=O) groups excluding carboxylic acids is 2. The predicted octanol–water partition coefficient (Wildman–Crippen LogP) is 2.78. The Morgan fingerprint density at radius 3 is 2.40 bits per heavy atom. The third kappa shape index (κ3) is 2.60. The first-order valence-corrected chi connectivity index (χ1v) is 6.75. The van der Waals surface area contributed by atoms with Crippen LogP contribution in [0.3, 0.4) is 0 Å². The summed E-state index contributed by atoms with van der Waals surface area (Å²) in [6.45, 7) is 3.66. The van der Waals surface area contributed by atoms with Gasteiger partial charge in [-0.1, -0.05) is 5.92 Å². The second-order valence-electron chi connectivity index (χ2n) is 5.00. The molecular weight excluding hydrogens is 252 g/mol. The van der Waals surface area contributed by atoms with Crippen molar-refractivity contribution < 1.29 is 14.3 Å². The molecule has 1 aromatic rings. The fourth-order valence-corrected chi connectivity index (χ4v) is 2.75. The molecule has 1 aromatic carbocycles. The van der Waals surface area contributed by atoms with Crippen LogP contribution in [0.2, 0.25) is 0 Å². The Balaban J connectivity index is 2.57. The van der Waals surface area contributed by atoms with Gasteiger partial charge < -0.3 is 4.74 Å². The molecule has 1 saturated carbocycles. The molecule has 20 heavy (non-hydrogen) atoms. The minimum absolute atomic E-state index is 0.00280. The first kappa shape index (κ1) is 14.3. The summed E-state index contributed by atoms with van der Waals surface area (Å²) in [6, 6.07) is 3.71. The number of Topliss-reactive ketones (excluding diaryl/α,β-unsaturated/α-hetero) is 2. The number of benzene rings is 1. The molecule has 0 heterocycles. The molecule has 0 aliphatic heterocycles. The van der Waals surface area contributed by atoms with Gasteiger partial charge in [0, 0.05) is 24.0 Å². The summed E-state index contributed by atoms with van der Waals surface area (Å²) in [5.41, 5.74) is 2.43. The summed E-state index contributed by atoms with van der Waals surface area (Å²) in [6.07, 6.45) is 1.60. The van der Waals surface area contributed by atoms with Crippen LogP contribution in [0.1, 0.15) is 48.8 Å². The highest BCUT2D eigenvalue weighted by Crippen LogP contribution is 2.36. The second kappa shape index (κ2) is 5.92. The van der Waals surface area contributed by atoms with Crippen molar-refractivity contribution >= 4 is 11.6 Å². The molecule has 1 fully saturated rings. The lowest BCUT2D eigenvalue weighted by Crippen LogP contribution is -2.27. The van der Waals surface area contributed by atoms with E-state index in [0.717, 1.165) is 11.1 Å². The Morgan fingerprint density at radius 1 is 1.20 bits per heavy atom. The monoisotopic (exact) mass is 270 g/mol. The number of methoxy groups -OCH3 is 1. The highest BCUT2D eigenvalue weighted by Gasteiger charge is 2.34. The lowest BCUT2D eigenvalue weighted by molar-refractivity contribution is -0.131. The topological polar surface area (TPSA) is 43.4 Å². The van der Waals surface area contributed by atoms with Crippen LogP contribution in [0, 0.1) is 18.8 Å². The Morgan fingerprint density at radius 2 is 1.85 bits per heavy atom. The summed E-state index contributed by atoms with van der Waals surface area (Å²) < 4.78 is 5.39. The van der Waals surface area contributed by atoms with Gasteiger partial charge in [0.2, 0.25) is 0 Å². The van der Waals surface area contributed by atoms with E-state index in [2.05, 4.69) is 11.8 Å². The molecule has 2 rings (SSSR count). The van der Waals surface area contributed by atoms with Gasteiger partial charge >= 0.3 is 0 Å². The highest BCUT2D eigenvalue weighted by atomic mass is 16.5. The first-order chi connectivity index (χ1) is 9.58. The number of ether oxygens (including phenoxy) is 1. The van der Waals surface area contributed by atoms with Crippen molar-refractivity contribution in [3.8, 4) is 17.6 Å². The third-order valence-electron chi connectivity index (χ3n) is 3.62. The van der Waals surface area contributed by atoms with Crippen molar-refractivity contribution in [2.75, 3.05) is 7.11 Å². The van der Waals surface area contributed by atoms with E-state index in [1.807, 2.05) is 13.0 Å². The molecule has 1 aliphatic rings. The molecule has 0 aromatic heterocycles. The molecule has 0 saturated heterocycles. The van der Waals surface area contributed by atoms with Crippen molar-refractivity contribution in [3.05, 3.63) is 28.8 Å². The molecule has 0 atom stereocenters. The normalized spacial score (nSPS) is 15.8. The number of ketones is 2.